The average Bonchev–Trinajstić information content (AvgIpc) is 3.33. The minimum atomic E-state index is -3.53. The van der Waals surface area contributed by atoms with Crippen molar-refractivity contribution in [2.24, 2.45) is 0 Å². The first-order chi connectivity index (χ1) is 15.4. The molecule has 4 rings (SSSR count). The van der Waals surface area contributed by atoms with Gasteiger partial charge in [-0.15, -0.1) is 0 Å². The van der Waals surface area contributed by atoms with E-state index < -0.39 is 16.0 Å². The number of hydrogen-bond acceptors (Lipinski definition) is 5. The molecule has 2 aromatic carbocycles. The van der Waals surface area contributed by atoms with Crippen molar-refractivity contribution in [3.8, 4) is 0 Å². The van der Waals surface area contributed by atoms with E-state index in [-0.39, 0.29) is 28.4 Å². The van der Waals surface area contributed by atoms with Crippen molar-refractivity contribution in [2.75, 3.05) is 26.2 Å². The topological polar surface area (TPSA) is 92.8 Å². The van der Waals surface area contributed by atoms with E-state index in [4.69, 9.17) is 4.74 Å². The fourth-order valence-corrected chi connectivity index (χ4v) is 5.85. The number of esters is 1. The SMILES string of the molecule is O=C(COC(=O)c1ccc(S(=O)(=O)N2CCCC2)cc1)NCC1(c2ccccc2)CCC1. The summed E-state index contributed by atoms with van der Waals surface area (Å²) in [6.07, 6.45) is 4.88. The second-order valence-corrected chi connectivity index (χ2v) is 10.4. The van der Waals surface area contributed by atoms with Crippen molar-refractivity contribution in [1.82, 2.24) is 9.62 Å². The van der Waals surface area contributed by atoms with E-state index in [1.807, 2.05) is 18.2 Å². The normalized spacial score (nSPS) is 18.0. The van der Waals surface area contributed by atoms with Gasteiger partial charge < -0.3 is 10.1 Å². The summed E-state index contributed by atoms with van der Waals surface area (Å²) in [5.41, 5.74) is 1.38. The summed E-state index contributed by atoms with van der Waals surface area (Å²) in [6.45, 7) is 1.17. The van der Waals surface area contributed by atoms with Crippen LogP contribution in [0.2, 0.25) is 0 Å². The van der Waals surface area contributed by atoms with Gasteiger partial charge in [0.1, 0.15) is 0 Å². The first-order valence-electron chi connectivity index (χ1n) is 11.0. The summed E-state index contributed by atoms with van der Waals surface area (Å²) < 4.78 is 31.7. The minimum absolute atomic E-state index is 0.0441. The molecule has 1 N–H and O–H groups in total. The molecule has 1 saturated heterocycles. The van der Waals surface area contributed by atoms with Gasteiger partial charge in [0.05, 0.1) is 10.5 Å². The van der Waals surface area contributed by atoms with Gasteiger partial charge in [-0.25, -0.2) is 13.2 Å². The fourth-order valence-electron chi connectivity index (χ4n) is 4.34. The average molecular weight is 457 g/mol. The van der Waals surface area contributed by atoms with Crippen molar-refractivity contribution in [3.63, 3.8) is 0 Å². The van der Waals surface area contributed by atoms with Crippen LogP contribution >= 0.6 is 0 Å². The van der Waals surface area contributed by atoms with E-state index in [1.165, 1.54) is 34.1 Å². The molecule has 0 radical (unpaired) electrons. The zero-order valence-corrected chi connectivity index (χ0v) is 18.8. The number of nitrogens with zero attached hydrogens (tertiary/aromatic N) is 1. The Morgan fingerprint density at radius 1 is 0.938 bits per heavy atom. The van der Waals surface area contributed by atoms with Gasteiger partial charge in [0.2, 0.25) is 10.0 Å². The third-order valence-corrected chi connectivity index (χ3v) is 8.36. The van der Waals surface area contributed by atoms with Crippen LogP contribution in [0.5, 0.6) is 0 Å². The number of benzene rings is 2. The number of amides is 1. The number of carbonyl (C=O) groups is 2. The Morgan fingerprint density at radius 2 is 1.59 bits per heavy atom. The molecule has 0 bridgehead atoms. The zero-order chi connectivity index (χ0) is 22.6. The molecular formula is C24H28N2O5S. The number of hydrogen-bond donors (Lipinski definition) is 1. The van der Waals surface area contributed by atoms with Crippen LogP contribution in [0.1, 0.15) is 48.0 Å². The summed E-state index contributed by atoms with van der Waals surface area (Å²) in [5, 5.41) is 2.89. The minimum Gasteiger partial charge on any atom is -0.452 e. The van der Waals surface area contributed by atoms with E-state index in [0.29, 0.717) is 19.6 Å². The first kappa shape index (κ1) is 22.5. The standard InChI is InChI=1S/C24H28N2O5S/c27-22(25-18-24(13-6-14-24)20-7-2-1-3-8-20)17-31-23(28)19-9-11-21(12-10-19)32(29,30)26-15-4-5-16-26/h1-3,7-12H,4-6,13-18H2,(H,25,27). The second-order valence-electron chi connectivity index (χ2n) is 8.49. The molecule has 8 heteroatoms. The maximum Gasteiger partial charge on any atom is 0.338 e. The molecule has 0 spiro atoms. The van der Waals surface area contributed by atoms with Gasteiger partial charge >= 0.3 is 5.97 Å². The molecule has 1 aliphatic heterocycles. The maximum absolute atomic E-state index is 12.6. The zero-order valence-electron chi connectivity index (χ0n) is 18.0. The molecule has 1 amide bonds. The van der Waals surface area contributed by atoms with Crippen LogP contribution in [0.3, 0.4) is 0 Å². The predicted octanol–water partition coefficient (Wildman–Crippen LogP) is 2.87. The highest BCUT2D eigenvalue weighted by Crippen LogP contribution is 2.43. The molecule has 1 saturated carbocycles. The van der Waals surface area contributed by atoms with Gasteiger partial charge in [-0.1, -0.05) is 36.8 Å². The number of carbonyl (C=O) groups excluding carboxylic acids is 2. The van der Waals surface area contributed by atoms with Crippen LogP contribution in [0.4, 0.5) is 0 Å². The summed E-state index contributed by atoms with van der Waals surface area (Å²) in [4.78, 5) is 24.7. The second kappa shape index (κ2) is 9.42. The Kier molecular flexibility index (Phi) is 6.62. The molecule has 1 aliphatic carbocycles. The Labute approximate surface area is 188 Å². The van der Waals surface area contributed by atoms with Crippen molar-refractivity contribution in [3.05, 3.63) is 65.7 Å². The molecule has 32 heavy (non-hydrogen) atoms. The van der Waals surface area contributed by atoms with Gasteiger partial charge in [0.15, 0.2) is 6.61 Å². The van der Waals surface area contributed by atoms with Gasteiger partial charge in [0.25, 0.3) is 5.91 Å². The Morgan fingerprint density at radius 3 is 2.19 bits per heavy atom. The van der Waals surface area contributed by atoms with E-state index in [2.05, 4.69) is 17.4 Å². The summed E-state index contributed by atoms with van der Waals surface area (Å²) in [6, 6.07) is 15.8. The molecule has 1 heterocycles. The van der Waals surface area contributed by atoms with Crippen LogP contribution in [0.25, 0.3) is 0 Å². The maximum atomic E-state index is 12.6. The number of rotatable bonds is 8. The molecule has 7 nitrogen and oxygen atoms in total. The molecule has 2 aromatic rings. The molecule has 0 unspecified atom stereocenters. The van der Waals surface area contributed by atoms with Crippen molar-refractivity contribution in [1.29, 1.82) is 0 Å². The summed E-state index contributed by atoms with van der Waals surface area (Å²) >= 11 is 0. The lowest BCUT2D eigenvalue weighted by Gasteiger charge is -2.42. The van der Waals surface area contributed by atoms with E-state index >= 15 is 0 Å². The highest BCUT2D eigenvalue weighted by Gasteiger charge is 2.38. The van der Waals surface area contributed by atoms with Crippen molar-refractivity contribution < 1.29 is 22.7 Å². The van der Waals surface area contributed by atoms with Crippen LogP contribution in [-0.4, -0.2) is 50.8 Å². The lowest BCUT2D eigenvalue weighted by Crippen LogP contribution is -2.46. The summed E-state index contributed by atoms with van der Waals surface area (Å²) in [7, 11) is -3.53. The van der Waals surface area contributed by atoms with Crippen LogP contribution in [-0.2, 0) is 25.0 Å². The predicted molar refractivity (Wildman–Crippen MR) is 120 cm³/mol. The third kappa shape index (κ3) is 4.71. The fraction of sp³-hybridized carbons (Fsp3) is 0.417. The Balaban J connectivity index is 1.28. The number of sulfonamides is 1. The van der Waals surface area contributed by atoms with E-state index in [9.17, 15) is 18.0 Å². The number of ether oxygens (including phenoxy) is 1. The molecular weight excluding hydrogens is 428 g/mol. The van der Waals surface area contributed by atoms with Gasteiger partial charge in [-0.05, 0) is 55.5 Å². The molecule has 170 valence electrons. The smallest absolute Gasteiger partial charge is 0.338 e. The van der Waals surface area contributed by atoms with Crippen LogP contribution < -0.4 is 5.32 Å². The Bertz CT molecular complexity index is 1060. The van der Waals surface area contributed by atoms with Crippen molar-refractivity contribution in [2.45, 2.75) is 42.4 Å². The quantitative estimate of drug-likeness (QED) is 0.617. The largest absolute Gasteiger partial charge is 0.452 e. The molecule has 2 fully saturated rings. The highest BCUT2D eigenvalue weighted by molar-refractivity contribution is 7.89. The van der Waals surface area contributed by atoms with Gasteiger partial charge in [-0.2, -0.15) is 4.31 Å². The lowest BCUT2D eigenvalue weighted by molar-refractivity contribution is -0.124. The Hall–Kier alpha value is -2.71. The number of nitrogens with one attached hydrogen (secondary N) is 1. The van der Waals surface area contributed by atoms with Crippen LogP contribution in [0.15, 0.2) is 59.5 Å². The molecule has 0 aromatic heterocycles. The third-order valence-electron chi connectivity index (χ3n) is 6.45. The molecule has 0 atom stereocenters. The monoisotopic (exact) mass is 456 g/mol. The van der Waals surface area contributed by atoms with E-state index in [1.54, 1.807) is 0 Å². The summed E-state index contributed by atoms with van der Waals surface area (Å²) in [5.74, 6) is -1.01. The van der Waals surface area contributed by atoms with Crippen molar-refractivity contribution >= 4 is 21.9 Å². The molecule has 2 aliphatic rings. The first-order valence-corrected chi connectivity index (χ1v) is 12.4. The lowest BCUT2D eigenvalue weighted by atomic mass is 9.64. The van der Waals surface area contributed by atoms with Crippen LogP contribution in [0, 0.1) is 0 Å². The highest BCUT2D eigenvalue weighted by atomic mass is 32.2. The van der Waals surface area contributed by atoms with E-state index in [0.717, 1.165) is 32.1 Å². The van der Waals surface area contributed by atoms with Gasteiger partial charge in [0, 0.05) is 25.0 Å². The van der Waals surface area contributed by atoms with Gasteiger partial charge in [-0.3, -0.25) is 4.79 Å².